The Morgan fingerprint density at radius 3 is 2.33 bits per heavy atom. The maximum Gasteiger partial charge on any atom is 0.328 e. The predicted molar refractivity (Wildman–Crippen MR) is 62.7 cm³/mol. The smallest absolute Gasteiger partial charge is 0.313 e. The van der Waals surface area contributed by atoms with Crippen molar-refractivity contribution in [3.63, 3.8) is 0 Å². The van der Waals surface area contributed by atoms with Gasteiger partial charge in [0.05, 0.1) is 0 Å². The minimum absolute atomic E-state index is 0.313. The lowest BCUT2D eigenvalue weighted by Gasteiger charge is -2.23. The van der Waals surface area contributed by atoms with Crippen molar-refractivity contribution in [3.8, 4) is 0 Å². The number of nitrogens with zero attached hydrogens (tertiary/aromatic N) is 2. The van der Waals surface area contributed by atoms with Crippen LogP contribution in [0.4, 0.5) is 4.79 Å². The van der Waals surface area contributed by atoms with Crippen LogP contribution in [-0.2, 0) is 9.59 Å². The summed E-state index contributed by atoms with van der Waals surface area (Å²) in [5.74, 6) is -1.18. The zero-order valence-corrected chi connectivity index (χ0v) is 11.1. The van der Waals surface area contributed by atoms with Crippen LogP contribution in [0.15, 0.2) is 0 Å². The highest BCUT2D eigenvalue weighted by Crippen LogP contribution is 2.28. The van der Waals surface area contributed by atoms with Crippen molar-refractivity contribution in [1.82, 2.24) is 15.3 Å². The van der Waals surface area contributed by atoms with E-state index in [9.17, 15) is 14.4 Å². The van der Waals surface area contributed by atoms with Crippen molar-refractivity contribution in [2.24, 2.45) is 0 Å². The molecule has 4 amide bonds. The van der Waals surface area contributed by atoms with Crippen LogP contribution in [0.1, 0.15) is 33.6 Å². The second kappa shape index (κ2) is 4.93. The van der Waals surface area contributed by atoms with E-state index in [0.717, 1.165) is 4.90 Å². The highest BCUT2D eigenvalue weighted by atomic mass is 16.5. The minimum Gasteiger partial charge on any atom is -0.313 e. The topological polar surface area (TPSA) is 89.9 Å². The molecule has 7 nitrogen and oxygen atoms in total. The number of hydroxylamine groups is 1. The van der Waals surface area contributed by atoms with E-state index >= 15 is 0 Å². The summed E-state index contributed by atoms with van der Waals surface area (Å²) in [4.78, 5) is 38.0. The molecule has 0 aromatic rings. The van der Waals surface area contributed by atoms with Crippen molar-refractivity contribution >= 4 is 17.8 Å². The van der Waals surface area contributed by atoms with E-state index in [1.807, 2.05) is 6.92 Å². The van der Waals surface area contributed by atoms with Crippen molar-refractivity contribution in [1.29, 1.82) is 0 Å². The Morgan fingerprint density at radius 2 is 2.00 bits per heavy atom. The quantitative estimate of drug-likeness (QED) is 0.431. The number of likely N-dealkylation sites (N-methyl/N-ethyl adjacent to an activating group) is 1. The Kier molecular flexibility index (Phi) is 3.95. The minimum atomic E-state index is -0.973. The molecule has 2 N–H and O–H groups in total. The van der Waals surface area contributed by atoms with Gasteiger partial charge in [0.25, 0.3) is 11.8 Å². The van der Waals surface area contributed by atoms with E-state index in [-0.39, 0.29) is 0 Å². The van der Waals surface area contributed by atoms with Gasteiger partial charge in [-0.25, -0.2) is 15.2 Å². The molecule has 0 spiro atoms. The van der Waals surface area contributed by atoms with Gasteiger partial charge in [-0.2, -0.15) is 0 Å². The number of imide groups is 1. The Labute approximate surface area is 106 Å². The van der Waals surface area contributed by atoms with Crippen LogP contribution in [0.2, 0.25) is 0 Å². The molecule has 0 aromatic heterocycles. The molecule has 1 atom stereocenters. The summed E-state index contributed by atoms with van der Waals surface area (Å²) in [6.07, 6.45) is 0.924. The number of urea groups is 1. The average molecular weight is 257 g/mol. The molecule has 1 heterocycles. The molecule has 1 unspecified atom stereocenters. The fourth-order valence-electron chi connectivity index (χ4n) is 1.93. The van der Waals surface area contributed by atoms with E-state index in [2.05, 4.69) is 0 Å². The first kappa shape index (κ1) is 14.4. The molecule has 1 rings (SSSR count). The highest BCUT2D eigenvalue weighted by molar-refractivity contribution is 6.09. The summed E-state index contributed by atoms with van der Waals surface area (Å²) in [5.41, 5.74) is 0.533. The molecule has 0 aliphatic carbocycles. The van der Waals surface area contributed by atoms with Crippen molar-refractivity contribution < 1.29 is 19.6 Å². The summed E-state index contributed by atoms with van der Waals surface area (Å²) in [6.45, 7) is 5.07. The number of carbonyl (C=O) groups is 3. The molecule has 102 valence electrons. The molecule has 1 aliphatic rings. The van der Waals surface area contributed by atoms with Crippen LogP contribution < -0.4 is 5.48 Å². The maximum absolute atomic E-state index is 12.2. The van der Waals surface area contributed by atoms with Crippen molar-refractivity contribution in [2.45, 2.75) is 45.2 Å². The lowest BCUT2D eigenvalue weighted by Crippen LogP contribution is -2.50. The first-order valence-corrected chi connectivity index (χ1v) is 5.84. The first-order valence-electron chi connectivity index (χ1n) is 5.84. The SMILES string of the molecule is CCCC(C(=O)NO)N1C(=O)N(C)C(C)(C)C1=O. The third-order valence-corrected chi connectivity index (χ3v) is 3.36. The van der Waals surface area contributed by atoms with Gasteiger partial charge in [0.2, 0.25) is 0 Å². The normalized spacial score (nSPS) is 20.3. The molecule has 0 saturated carbocycles. The largest absolute Gasteiger partial charge is 0.328 e. The summed E-state index contributed by atoms with van der Waals surface area (Å²) < 4.78 is 0. The van der Waals surface area contributed by atoms with Gasteiger partial charge in [-0.1, -0.05) is 13.3 Å². The monoisotopic (exact) mass is 257 g/mol. The van der Waals surface area contributed by atoms with Gasteiger partial charge in [0, 0.05) is 7.05 Å². The van der Waals surface area contributed by atoms with Gasteiger partial charge in [0.1, 0.15) is 11.6 Å². The molecule has 1 fully saturated rings. The van der Waals surface area contributed by atoms with Crippen molar-refractivity contribution in [2.75, 3.05) is 7.05 Å². The highest BCUT2D eigenvalue weighted by Gasteiger charge is 2.52. The summed E-state index contributed by atoms with van der Waals surface area (Å²) in [7, 11) is 1.51. The van der Waals surface area contributed by atoms with Gasteiger partial charge >= 0.3 is 6.03 Å². The predicted octanol–water partition coefficient (Wildman–Crippen LogP) is 0.333. The lowest BCUT2D eigenvalue weighted by atomic mass is 10.0. The number of rotatable bonds is 4. The van der Waals surface area contributed by atoms with Crippen LogP contribution in [-0.4, -0.2) is 51.5 Å². The summed E-state index contributed by atoms with van der Waals surface area (Å²) in [5, 5.41) is 8.70. The van der Waals surface area contributed by atoms with Crippen LogP contribution in [0, 0.1) is 0 Å². The van der Waals surface area contributed by atoms with E-state index in [0.29, 0.717) is 12.8 Å². The number of hydrogen-bond donors (Lipinski definition) is 2. The Hall–Kier alpha value is -1.63. The van der Waals surface area contributed by atoms with Gasteiger partial charge in [-0.05, 0) is 20.3 Å². The first-order chi connectivity index (χ1) is 8.28. The molecule has 0 aromatic carbocycles. The van der Waals surface area contributed by atoms with E-state index in [4.69, 9.17) is 5.21 Å². The molecular weight excluding hydrogens is 238 g/mol. The molecular formula is C11H19N3O4. The van der Waals surface area contributed by atoms with Crippen LogP contribution >= 0.6 is 0 Å². The zero-order chi connectivity index (χ0) is 14.1. The standard InChI is InChI=1S/C11H19N3O4/c1-5-6-7(8(15)12-18)14-9(16)11(2,3)13(4)10(14)17/h7,18H,5-6H2,1-4H3,(H,12,15). The zero-order valence-electron chi connectivity index (χ0n) is 11.1. The van der Waals surface area contributed by atoms with Gasteiger partial charge in [-0.15, -0.1) is 0 Å². The Bertz CT molecular complexity index is 380. The molecule has 0 bridgehead atoms. The fraction of sp³-hybridized carbons (Fsp3) is 0.727. The van der Waals surface area contributed by atoms with Crippen LogP contribution in [0.3, 0.4) is 0 Å². The number of carbonyl (C=O) groups excluding carboxylic acids is 3. The van der Waals surface area contributed by atoms with Crippen molar-refractivity contribution in [3.05, 3.63) is 0 Å². The average Bonchev–Trinajstić information content (AvgIpc) is 2.48. The Balaban J connectivity index is 3.10. The Morgan fingerprint density at radius 1 is 1.44 bits per heavy atom. The molecule has 1 aliphatic heterocycles. The van der Waals surface area contributed by atoms with E-state index in [1.54, 1.807) is 13.8 Å². The number of hydrogen-bond acceptors (Lipinski definition) is 4. The molecule has 7 heteroatoms. The lowest BCUT2D eigenvalue weighted by molar-refractivity contribution is -0.142. The summed E-state index contributed by atoms with van der Waals surface area (Å²) >= 11 is 0. The summed E-state index contributed by atoms with van der Waals surface area (Å²) in [6, 6.07) is -1.49. The van der Waals surface area contributed by atoms with Crippen LogP contribution in [0.5, 0.6) is 0 Å². The fourth-order valence-corrected chi connectivity index (χ4v) is 1.93. The molecule has 1 saturated heterocycles. The number of amides is 4. The van der Waals surface area contributed by atoms with Gasteiger partial charge < -0.3 is 4.90 Å². The molecule has 18 heavy (non-hydrogen) atoms. The van der Waals surface area contributed by atoms with E-state index in [1.165, 1.54) is 17.4 Å². The van der Waals surface area contributed by atoms with E-state index < -0.39 is 29.4 Å². The van der Waals surface area contributed by atoms with Crippen LogP contribution in [0.25, 0.3) is 0 Å². The third-order valence-electron chi connectivity index (χ3n) is 3.36. The maximum atomic E-state index is 12.2. The van der Waals surface area contributed by atoms with Gasteiger partial charge in [-0.3, -0.25) is 14.8 Å². The number of nitrogens with one attached hydrogen (secondary N) is 1. The second-order valence-electron chi connectivity index (χ2n) is 4.86. The van der Waals surface area contributed by atoms with Gasteiger partial charge in [0.15, 0.2) is 0 Å². The third kappa shape index (κ3) is 2.05. The second-order valence-corrected chi connectivity index (χ2v) is 4.86. The molecule has 0 radical (unpaired) electrons.